The average Bonchev–Trinajstić information content (AvgIpc) is 2.21. The zero-order valence-electron chi connectivity index (χ0n) is 9.16. The summed E-state index contributed by atoms with van der Waals surface area (Å²) in [6.07, 6.45) is 1.41. The van der Waals surface area contributed by atoms with E-state index in [0.717, 1.165) is 6.42 Å². The molecule has 3 nitrogen and oxygen atoms in total. The van der Waals surface area contributed by atoms with E-state index in [2.05, 4.69) is 5.32 Å². The van der Waals surface area contributed by atoms with Gasteiger partial charge >= 0.3 is 5.97 Å². The van der Waals surface area contributed by atoms with Gasteiger partial charge in [0, 0.05) is 0 Å². The highest BCUT2D eigenvalue weighted by atomic mass is 16.4. The van der Waals surface area contributed by atoms with Crippen LogP contribution in [0.4, 0.5) is 0 Å². The number of carboxylic acid groups (broad SMARTS) is 1. The summed E-state index contributed by atoms with van der Waals surface area (Å²) in [5.41, 5.74) is 2.41. The molecule has 1 aromatic rings. The Bertz CT molecular complexity index is 319. The number of hydrogen-bond donors (Lipinski definition) is 2. The van der Waals surface area contributed by atoms with E-state index in [9.17, 15) is 4.79 Å². The molecule has 0 bridgehead atoms. The zero-order chi connectivity index (χ0) is 11.3. The Morgan fingerprint density at radius 3 is 2.47 bits per heavy atom. The number of carboxylic acids is 1. The third kappa shape index (κ3) is 3.72. The van der Waals surface area contributed by atoms with Crippen LogP contribution in [0.3, 0.4) is 0 Å². The summed E-state index contributed by atoms with van der Waals surface area (Å²) in [7, 11) is 1.67. The molecule has 0 heterocycles. The number of likely N-dealkylation sites (N-methyl/N-ethyl adjacent to an activating group) is 1. The lowest BCUT2D eigenvalue weighted by molar-refractivity contribution is -0.139. The first-order valence-corrected chi connectivity index (χ1v) is 5.09. The maximum atomic E-state index is 10.7. The molecule has 0 fully saturated rings. The topological polar surface area (TPSA) is 49.3 Å². The highest BCUT2D eigenvalue weighted by Crippen LogP contribution is 2.07. The van der Waals surface area contributed by atoms with Crippen LogP contribution in [0, 0.1) is 6.92 Å². The molecule has 0 aromatic heterocycles. The smallest absolute Gasteiger partial charge is 0.320 e. The number of aryl methyl sites for hydroxylation is 2. The van der Waals surface area contributed by atoms with Crippen LogP contribution in [0.1, 0.15) is 17.5 Å². The standard InChI is InChI=1S/C12H17NO2/c1-9-3-5-10(6-4-9)7-8-11(13-2)12(14)15/h3-6,11,13H,7-8H2,1-2H3,(H,14,15)/t11-/m1/s1. The molecule has 82 valence electrons. The minimum Gasteiger partial charge on any atom is -0.480 e. The van der Waals surface area contributed by atoms with E-state index < -0.39 is 12.0 Å². The van der Waals surface area contributed by atoms with E-state index in [1.807, 2.05) is 31.2 Å². The average molecular weight is 207 g/mol. The maximum absolute atomic E-state index is 10.7. The van der Waals surface area contributed by atoms with E-state index in [-0.39, 0.29) is 0 Å². The molecule has 0 aliphatic carbocycles. The van der Waals surface area contributed by atoms with E-state index in [1.54, 1.807) is 7.05 Å². The first-order valence-electron chi connectivity index (χ1n) is 5.09. The molecule has 0 radical (unpaired) electrons. The van der Waals surface area contributed by atoms with Crippen LogP contribution in [-0.2, 0) is 11.2 Å². The van der Waals surface area contributed by atoms with Gasteiger partial charge in [-0.25, -0.2) is 0 Å². The number of carbonyl (C=O) groups is 1. The van der Waals surface area contributed by atoms with Crippen molar-refractivity contribution < 1.29 is 9.90 Å². The highest BCUT2D eigenvalue weighted by Gasteiger charge is 2.13. The van der Waals surface area contributed by atoms with Gasteiger partial charge in [-0.3, -0.25) is 4.79 Å². The summed E-state index contributed by atoms with van der Waals surface area (Å²) in [6.45, 7) is 2.04. The monoisotopic (exact) mass is 207 g/mol. The molecule has 0 aliphatic heterocycles. The van der Waals surface area contributed by atoms with Crippen molar-refractivity contribution in [2.45, 2.75) is 25.8 Å². The first-order chi connectivity index (χ1) is 7.13. The largest absolute Gasteiger partial charge is 0.480 e. The minimum absolute atomic E-state index is 0.452. The van der Waals surface area contributed by atoms with Crippen molar-refractivity contribution in [1.29, 1.82) is 0 Å². The van der Waals surface area contributed by atoms with E-state index >= 15 is 0 Å². The second-order valence-corrected chi connectivity index (χ2v) is 3.70. The Labute approximate surface area is 90.1 Å². The summed E-state index contributed by atoms with van der Waals surface area (Å²) >= 11 is 0. The Morgan fingerprint density at radius 1 is 1.40 bits per heavy atom. The predicted octanol–water partition coefficient (Wildman–Crippen LogP) is 1.60. The van der Waals surface area contributed by atoms with Crippen molar-refractivity contribution in [2.24, 2.45) is 0 Å². The fourth-order valence-electron chi connectivity index (χ4n) is 1.46. The molecule has 0 unspecified atom stereocenters. The Kier molecular flexibility index (Phi) is 4.31. The molecule has 3 heteroatoms. The van der Waals surface area contributed by atoms with Crippen molar-refractivity contribution in [3.05, 3.63) is 35.4 Å². The molecule has 0 amide bonds. The highest BCUT2D eigenvalue weighted by molar-refractivity contribution is 5.73. The van der Waals surface area contributed by atoms with Gasteiger partial charge in [0.05, 0.1) is 0 Å². The third-order valence-electron chi connectivity index (χ3n) is 2.49. The fourth-order valence-corrected chi connectivity index (χ4v) is 1.46. The first kappa shape index (κ1) is 11.7. The van der Waals surface area contributed by atoms with Crippen molar-refractivity contribution in [1.82, 2.24) is 5.32 Å². The molecule has 1 rings (SSSR count). The number of benzene rings is 1. The Morgan fingerprint density at radius 2 is 2.00 bits per heavy atom. The molecular weight excluding hydrogens is 190 g/mol. The number of aliphatic carboxylic acids is 1. The van der Waals surface area contributed by atoms with Crippen molar-refractivity contribution in [2.75, 3.05) is 7.05 Å². The summed E-state index contributed by atoms with van der Waals surface area (Å²) in [6, 6.07) is 7.73. The van der Waals surface area contributed by atoms with Crippen LogP contribution in [0.5, 0.6) is 0 Å². The normalized spacial score (nSPS) is 12.4. The van der Waals surface area contributed by atoms with Crippen LogP contribution < -0.4 is 5.32 Å². The van der Waals surface area contributed by atoms with Gasteiger partial charge in [-0.15, -0.1) is 0 Å². The van der Waals surface area contributed by atoms with E-state index in [4.69, 9.17) is 5.11 Å². The van der Waals surface area contributed by atoms with Gasteiger partial charge in [0.25, 0.3) is 0 Å². The van der Waals surface area contributed by atoms with Gasteiger partial charge in [0.1, 0.15) is 6.04 Å². The molecule has 1 aromatic carbocycles. The second kappa shape index (κ2) is 5.51. The van der Waals surface area contributed by atoms with Gasteiger partial charge in [-0.05, 0) is 32.4 Å². The van der Waals surface area contributed by atoms with Crippen LogP contribution in [0.25, 0.3) is 0 Å². The molecule has 2 N–H and O–H groups in total. The van der Waals surface area contributed by atoms with Gasteiger partial charge in [0.15, 0.2) is 0 Å². The van der Waals surface area contributed by atoms with Crippen molar-refractivity contribution in [3.8, 4) is 0 Å². The van der Waals surface area contributed by atoms with Crippen LogP contribution in [0.15, 0.2) is 24.3 Å². The number of hydrogen-bond acceptors (Lipinski definition) is 2. The van der Waals surface area contributed by atoms with Crippen LogP contribution in [-0.4, -0.2) is 24.2 Å². The summed E-state index contributed by atoms with van der Waals surface area (Å²) < 4.78 is 0. The van der Waals surface area contributed by atoms with Crippen molar-refractivity contribution >= 4 is 5.97 Å². The predicted molar refractivity (Wildman–Crippen MR) is 60.0 cm³/mol. The lowest BCUT2D eigenvalue weighted by atomic mass is 10.0. The van der Waals surface area contributed by atoms with Crippen molar-refractivity contribution in [3.63, 3.8) is 0 Å². The quantitative estimate of drug-likeness (QED) is 0.771. The molecule has 15 heavy (non-hydrogen) atoms. The van der Waals surface area contributed by atoms with E-state index in [1.165, 1.54) is 11.1 Å². The molecule has 1 atom stereocenters. The molecule has 0 saturated carbocycles. The maximum Gasteiger partial charge on any atom is 0.320 e. The Balaban J connectivity index is 2.49. The SMILES string of the molecule is CN[C@H](CCc1ccc(C)cc1)C(=O)O. The summed E-state index contributed by atoms with van der Waals surface area (Å²) in [4.78, 5) is 10.7. The molecule has 0 aliphatic rings. The third-order valence-corrected chi connectivity index (χ3v) is 2.49. The fraction of sp³-hybridized carbons (Fsp3) is 0.417. The van der Waals surface area contributed by atoms with Crippen LogP contribution in [0.2, 0.25) is 0 Å². The number of rotatable bonds is 5. The van der Waals surface area contributed by atoms with Gasteiger partial charge in [-0.1, -0.05) is 29.8 Å². The van der Waals surface area contributed by atoms with Gasteiger partial charge in [-0.2, -0.15) is 0 Å². The molecular formula is C12H17NO2. The lowest BCUT2D eigenvalue weighted by Gasteiger charge is -2.10. The molecule has 0 saturated heterocycles. The Hall–Kier alpha value is -1.35. The lowest BCUT2D eigenvalue weighted by Crippen LogP contribution is -2.34. The van der Waals surface area contributed by atoms with Crippen LogP contribution >= 0.6 is 0 Å². The number of nitrogens with one attached hydrogen (secondary N) is 1. The summed E-state index contributed by atoms with van der Waals surface area (Å²) in [5, 5.41) is 11.6. The van der Waals surface area contributed by atoms with E-state index in [0.29, 0.717) is 6.42 Å². The van der Waals surface area contributed by atoms with Gasteiger partial charge < -0.3 is 10.4 Å². The minimum atomic E-state index is -0.787. The summed E-state index contributed by atoms with van der Waals surface area (Å²) in [5.74, 6) is -0.787. The van der Waals surface area contributed by atoms with Gasteiger partial charge in [0.2, 0.25) is 0 Å². The molecule has 0 spiro atoms. The second-order valence-electron chi connectivity index (χ2n) is 3.70. The zero-order valence-corrected chi connectivity index (χ0v) is 9.16.